The summed E-state index contributed by atoms with van der Waals surface area (Å²) >= 11 is 0. The summed E-state index contributed by atoms with van der Waals surface area (Å²) in [7, 11) is 1.50. The molecule has 0 amide bonds. The van der Waals surface area contributed by atoms with Gasteiger partial charge in [-0.05, 0) is 36.0 Å². The lowest BCUT2D eigenvalue weighted by Gasteiger charge is -2.33. The van der Waals surface area contributed by atoms with Crippen molar-refractivity contribution in [2.24, 2.45) is 5.92 Å². The molecular formula is C23H24N2O2. The van der Waals surface area contributed by atoms with E-state index in [1.54, 1.807) is 0 Å². The first kappa shape index (κ1) is 16.6. The highest BCUT2D eigenvalue weighted by atomic mass is 16.5. The molecule has 0 radical (unpaired) electrons. The summed E-state index contributed by atoms with van der Waals surface area (Å²) in [6, 6.07) is 19.2. The Labute approximate surface area is 159 Å². The van der Waals surface area contributed by atoms with Crippen LogP contribution in [0.2, 0.25) is 0 Å². The number of benzene rings is 2. The van der Waals surface area contributed by atoms with Gasteiger partial charge in [-0.15, -0.1) is 0 Å². The Kier molecular flexibility index (Phi) is 4.01. The van der Waals surface area contributed by atoms with Crippen molar-refractivity contribution in [2.45, 2.75) is 37.9 Å². The van der Waals surface area contributed by atoms with Crippen molar-refractivity contribution in [1.82, 2.24) is 9.88 Å². The topological polar surface area (TPSA) is 45.3 Å². The van der Waals surface area contributed by atoms with Crippen LogP contribution in [0.25, 0.3) is 10.9 Å². The van der Waals surface area contributed by atoms with E-state index in [4.69, 9.17) is 4.74 Å². The Balaban J connectivity index is 1.50. The molecule has 5 rings (SSSR count). The van der Waals surface area contributed by atoms with Crippen molar-refractivity contribution in [1.29, 1.82) is 0 Å². The zero-order valence-electron chi connectivity index (χ0n) is 15.5. The lowest BCUT2D eigenvalue weighted by Crippen LogP contribution is -2.43. The van der Waals surface area contributed by atoms with E-state index in [0.29, 0.717) is 12.0 Å². The van der Waals surface area contributed by atoms with Crippen LogP contribution in [0.3, 0.4) is 0 Å². The van der Waals surface area contributed by atoms with Gasteiger partial charge >= 0.3 is 5.97 Å². The van der Waals surface area contributed by atoms with Crippen LogP contribution >= 0.6 is 0 Å². The molecule has 1 saturated heterocycles. The van der Waals surface area contributed by atoms with Crippen LogP contribution in [0.15, 0.2) is 54.6 Å². The maximum atomic E-state index is 12.5. The number of ether oxygens (including phenoxy) is 1. The lowest BCUT2D eigenvalue weighted by molar-refractivity contribution is -0.146. The molecule has 0 spiro atoms. The summed E-state index contributed by atoms with van der Waals surface area (Å²) in [5.41, 5.74) is 5.24. The second-order valence-corrected chi connectivity index (χ2v) is 7.80. The van der Waals surface area contributed by atoms with Gasteiger partial charge in [-0.2, -0.15) is 0 Å². The Bertz CT molecular complexity index is 978. The highest BCUT2D eigenvalue weighted by Gasteiger charge is 2.47. The van der Waals surface area contributed by atoms with Gasteiger partial charge in [-0.3, -0.25) is 9.69 Å². The average Bonchev–Trinajstić information content (AvgIpc) is 3.24. The molecule has 0 unspecified atom stereocenters. The number of hydrogen-bond donors (Lipinski definition) is 1. The van der Waals surface area contributed by atoms with Crippen molar-refractivity contribution in [3.05, 3.63) is 71.4 Å². The highest BCUT2D eigenvalue weighted by molar-refractivity contribution is 5.85. The molecule has 3 aromatic rings. The van der Waals surface area contributed by atoms with Crippen LogP contribution in [-0.4, -0.2) is 35.0 Å². The molecule has 2 aromatic carbocycles. The third kappa shape index (κ3) is 2.76. The molecular weight excluding hydrogens is 336 g/mol. The fraction of sp³-hybridized carbons (Fsp3) is 0.348. The van der Waals surface area contributed by atoms with Crippen LogP contribution < -0.4 is 0 Å². The van der Waals surface area contributed by atoms with Crippen LogP contribution in [-0.2, 0) is 28.9 Å². The average molecular weight is 360 g/mol. The van der Waals surface area contributed by atoms with Gasteiger partial charge in [-0.1, -0.05) is 48.5 Å². The molecule has 1 N–H and O–H groups in total. The monoisotopic (exact) mass is 360 g/mol. The van der Waals surface area contributed by atoms with Gasteiger partial charge in [0.2, 0.25) is 0 Å². The number of para-hydroxylation sites is 1. The number of aromatic nitrogens is 1. The van der Waals surface area contributed by atoms with E-state index in [2.05, 4.69) is 58.4 Å². The molecule has 3 atom stereocenters. The summed E-state index contributed by atoms with van der Waals surface area (Å²) in [6.45, 7) is 0.789. The number of rotatable bonds is 3. The van der Waals surface area contributed by atoms with Crippen molar-refractivity contribution < 1.29 is 9.53 Å². The summed E-state index contributed by atoms with van der Waals surface area (Å²) < 4.78 is 5.15. The smallest absolute Gasteiger partial charge is 0.323 e. The molecule has 0 bridgehead atoms. The summed E-state index contributed by atoms with van der Waals surface area (Å²) in [4.78, 5) is 18.5. The molecule has 1 aliphatic heterocycles. The fourth-order valence-corrected chi connectivity index (χ4v) is 5.11. The van der Waals surface area contributed by atoms with E-state index in [9.17, 15) is 4.79 Å². The SMILES string of the molecule is COC(=O)[C@@H]1C[C@H]2Cc3c([nH]c4ccccc34)C[C@H]2N1Cc1ccccc1. The van der Waals surface area contributed by atoms with Gasteiger partial charge in [0, 0.05) is 35.6 Å². The largest absolute Gasteiger partial charge is 0.468 e. The van der Waals surface area contributed by atoms with Crippen molar-refractivity contribution in [3.63, 3.8) is 0 Å². The van der Waals surface area contributed by atoms with Gasteiger partial charge in [0.05, 0.1) is 7.11 Å². The Morgan fingerprint density at radius 2 is 1.89 bits per heavy atom. The van der Waals surface area contributed by atoms with Gasteiger partial charge in [-0.25, -0.2) is 0 Å². The third-order valence-electron chi connectivity index (χ3n) is 6.36. The minimum Gasteiger partial charge on any atom is -0.468 e. The summed E-state index contributed by atoms with van der Waals surface area (Å²) in [5, 5.41) is 1.34. The van der Waals surface area contributed by atoms with Crippen LogP contribution in [0, 0.1) is 5.92 Å². The van der Waals surface area contributed by atoms with E-state index in [1.165, 1.54) is 34.8 Å². The van der Waals surface area contributed by atoms with Gasteiger partial charge < -0.3 is 9.72 Å². The zero-order chi connectivity index (χ0) is 18.4. The van der Waals surface area contributed by atoms with E-state index in [0.717, 1.165) is 25.8 Å². The van der Waals surface area contributed by atoms with Crippen molar-refractivity contribution in [2.75, 3.05) is 7.11 Å². The van der Waals surface area contributed by atoms with Gasteiger partial charge in [0.15, 0.2) is 0 Å². The molecule has 2 aliphatic rings. The number of hydrogen-bond acceptors (Lipinski definition) is 3. The lowest BCUT2D eigenvalue weighted by atomic mass is 9.82. The molecule has 4 nitrogen and oxygen atoms in total. The third-order valence-corrected chi connectivity index (χ3v) is 6.36. The van der Waals surface area contributed by atoms with E-state index < -0.39 is 0 Å². The van der Waals surface area contributed by atoms with Gasteiger partial charge in [0.25, 0.3) is 0 Å². The normalized spacial score (nSPS) is 24.6. The second-order valence-electron chi connectivity index (χ2n) is 7.80. The second kappa shape index (κ2) is 6.54. The number of nitrogens with one attached hydrogen (secondary N) is 1. The van der Waals surface area contributed by atoms with Crippen molar-refractivity contribution >= 4 is 16.9 Å². The number of methoxy groups -OCH3 is 1. The maximum absolute atomic E-state index is 12.5. The molecule has 27 heavy (non-hydrogen) atoms. The number of nitrogens with zero attached hydrogens (tertiary/aromatic N) is 1. The number of carbonyl (C=O) groups excluding carboxylic acids is 1. The Morgan fingerprint density at radius 3 is 2.70 bits per heavy atom. The number of esters is 1. The molecule has 1 aromatic heterocycles. The maximum Gasteiger partial charge on any atom is 0.323 e. The summed E-state index contributed by atoms with van der Waals surface area (Å²) in [6.07, 6.45) is 2.88. The molecule has 1 fully saturated rings. The number of H-pyrrole nitrogens is 1. The first-order valence-electron chi connectivity index (χ1n) is 9.70. The fourth-order valence-electron chi connectivity index (χ4n) is 5.11. The first-order chi connectivity index (χ1) is 13.2. The van der Waals surface area contributed by atoms with Crippen molar-refractivity contribution in [3.8, 4) is 0 Å². The van der Waals surface area contributed by atoms with E-state index >= 15 is 0 Å². The molecule has 1 aliphatic carbocycles. The summed E-state index contributed by atoms with van der Waals surface area (Å²) in [5.74, 6) is 0.387. The number of fused-ring (bicyclic) bond motifs is 4. The predicted octanol–water partition coefficient (Wildman–Crippen LogP) is 3.70. The predicted molar refractivity (Wildman–Crippen MR) is 105 cm³/mol. The number of likely N-dealkylation sites (tertiary alicyclic amines) is 1. The minimum absolute atomic E-state index is 0.103. The Hall–Kier alpha value is -2.59. The van der Waals surface area contributed by atoms with Crippen LogP contribution in [0.4, 0.5) is 0 Å². The number of aromatic amines is 1. The Morgan fingerprint density at radius 1 is 1.11 bits per heavy atom. The highest BCUT2D eigenvalue weighted by Crippen LogP contribution is 2.42. The van der Waals surface area contributed by atoms with Crippen LogP contribution in [0.1, 0.15) is 23.2 Å². The minimum atomic E-state index is -0.152. The standard InChI is InChI=1S/C23H24N2O2/c1-27-23(26)22-12-16-11-18-17-9-5-6-10-19(17)24-20(18)13-21(16)25(22)14-15-7-3-2-4-8-15/h2-10,16,21-22,24H,11-14H2,1H3/t16-,21-,22+/m1/s1. The quantitative estimate of drug-likeness (QED) is 0.725. The molecule has 4 heteroatoms. The van der Waals surface area contributed by atoms with E-state index in [-0.39, 0.29) is 12.0 Å². The van der Waals surface area contributed by atoms with E-state index in [1.807, 2.05) is 6.07 Å². The number of carbonyl (C=O) groups is 1. The van der Waals surface area contributed by atoms with Crippen LogP contribution in [0.5, 0.6) is 0 Å². The zero-order valence-corrected chi connectivity index (χ0v) is 15.5. The first-order valence-corrected chi connectivity index (χ1v) is 9.70. The molecule has 2 heterocycles. The molecule has 138 valence electrons. The molecule has 0 saturated carbocycles. The van der Waals surface area contributed by atoms with Gasteiger partial charge in [0.1, 0.15) is 6.04 Å².